The Morgan fingerprint density at radius 1 is 0.903 bits per heavy atom. The number of rotatable bonds is 5. The maximum atomic E-state index is 13.9. The Hall–Kier alpha value is -2.33. The second-order valence-electron chi connectivity index (χ2n) is 8.09. The molecule has 3 heterocycles. The van der Waals surface area contributed by atoms with E-state index in [0.717, 1.165) is 55.6 Å². The van der Waals surface area contributed by atoms with Gasteiger partial charge in [-0.05, 0) is 44.4 Å². The average molecular weight is 452 g/mol. The summed E-state index contributed by atoms with van der Waals surface area (Å²) in [4.78, 5) is 13.6. The number of sulfonamides is 1. The number of hydrogen-bond acceptors (Lipinski definition) is 6. The van der Waals surface area contributed by atoms with E-state index in [1.54, 1.807) is 0 Å². The molecule has 0 aliphatic carbocycles. The molecule has 0 bridgehead atoms. The minimum Gasteiger partial charge on any atom is -0.356 e. The zero-order valence-corrected chi connectivity index (χ0v) is 18.4. The predicted molar refractivity (Wildman–Crippen MR) is 116 cm³/mol. The van der Waals surface area contributed by atoms with E-state index in [-0.39, 0.29) is 18.7 Å². The van der Waals surface area contributed by atoms with Crippen molar-refractivity contribution in [1.29, 1.82) is 0 Å². The Morgan fingerprint density at radius 3 is 2.32 bits per heavy atom. The van der Waals surface area contributed by atoms with Crippen LogP contribution in [-0.4, -0.2) is 62.0 Å². The second-order valence-corrected chi connectivity index (χ2v) is 10.1. The van der Waals surface area contributed by atoms with Crippen LogP contribution in [-0.2, 0) is 15.8 Å². The van der Waals surface area contributed by atoms with Crippen molar-refractivity contribution in [2.75, 3.05) is 49.1 Å². The Kier molecular flexibility index (Phi) is 6.38. The molecule has 1 aromatic heterocycles. The van der Waals surface area contributed by atoms with Crippen molar-refractivity contribution in [1.82, 2.24) is 14.3 Å². The molecule has 0 unspecified atom stereocenters. The lowest BCUT2D eigenvalue weighted by Gasteiger charge is -2.35. The van der Waals surface area contributed by atoms with Gasteiger partial charge in [0, 0.05) is 56.6 Å². The van der Waals surface area contributed by atoms with E-state index in [1.165, 1.54) is 10.7 Å². The molecular weight excluding hydrogens is 424 g/mol. The first-order valence-electron chi connectivity index (χ1n) is 10.6. The third-order valence-electron chi connectivity index (χ3n) is 5.77. The fourth-order valence-electron chi connectivity index (χ4n) is 4.07. The molecule has 2 aliphatic rings. The number of halogens is 2. The number of piperidine rings is 1. The van der Waals surface area contributed by atoms with E-state index >= 15 is 0 Å². The van der Waals surface area contributed by atoms with E-state index in [1.807, 2.05) is 17.9 Å². The van der Waals surface area contributed by atoms with Crippen molar-refractivity contribution >= 4 is 21.8 Å². The molecule has 0 saturated carbocycles. The summed E-state index contributed by atoms with van der Waals surface area (Å²) in [6.45, 7) is 5.27. The maximum Gasteiger partial charge on any atom is 0.227 e. The molecule has 0 N–H and O–H groups in total. The van der Waals surface area contributed by atoms with Crippen molar-refractivity contribution in [3.63, 3.8) is 0 Å². The van der Waals surface area contributed by atoms with Crippen molar-refractivity contribution < 1.29 is 17.2 Å². The minimum atomic E-state index is -3.76. The van der Waals surface area contributed by atoms with E-state index in [9.17, 15) is 17.2 Å². The summed E-state index contributed by atoms with van der Waals surface area (Å²) in [6, 6.07) is 4.85. The fraction of sp³-hybridized carbons (Fsp3) is 0.524. The highest BCUT2D eigenvalue weighted by atomic mass is 32.2. The van der Waals surface area contributed by atoms with Gasteiger partial charge in [-0.25, -0.2) is 22.2 Å². The van der Waals surface area contributed by atoms with Crippen molar-refractivity contribution in [3.8, 4) is 0 Å². The molecule has 2 aliphatic heterocycles. The summed E-state index contributed by atoms with van der Waals surface area (Å²) in [5.74, 6) is -0.413. The molecule has 168 valence electrons. The van der Waals surface area contributed by atoms with Gasteiger partial charge in [0.05, 0.1) is 5.75 Å². The molecule has 0 amide bonds. The number of aryl methyl sites for hydroxylation is 1. The Balaban J connectivity index is 1.43. The molecule has 0 radical (unpaired) electrons. The lowest BCUT2D eigenvalue weighted by atomic mass is 10.1. The first kappa shape index (κ1) is 21.9. The van der Waals surface area contributed by atoms with Crippen molar-refractivity contribution in [3.05, 3.63) is 47.2 Å². The van der Waals surface area contributed by atoms with E-state index in [4.69, 9.17) is 4.98 Å². The zero-order chi connectivity index (χ0) is 22.0. The van der Waals surface area contributed by atoms with Crippen LogP contribution in [0.15, 0.2) is 24.3 Å². The van der Waals surface area contributed by atoms with Gasteiger partial charge in [-0.2, -0.15) is 9.29 Å². The molecule has 2 aromatic rings. The molecular formula is C21H27F2N5O2S. The number of piperazine rings is 1. The largest absolute Gasteiger partial charge is 0.356 e. The standard InChI is InChI=1S/C21H27F2N5O2S/c1-16-13-20(26-7-3-2-4-8-26)25-21(24-16)27-9-11-28(12-10-27)31(29,30)15-17-14-18(22)5-6-19(17)23/h5-6,13-14H,2-4,7-12,15H2,1H3. The molecule has 4 rings (SSSR count). The number of aromatic nitrogens is 2. The average Bonchev–Trinajstić information content (AvgIpc) is 2.76. The first-order valence-corrected chi connectivity index (χ1v) is 12.2. The van der Waals surface area contributed by atoms with Crippen molar-refractivity contribution in [2.24, 2.45) is 0 Å². The Labute approximate surface area is 181 Å². The van der Waals surface area contributed by atoms with Gasteiger partial charge in [0.2, 0.25) is 16.0 Å². The van der Waals surface area contributed by atoms with Gasteiger partial charge in [-0.15, -0.1) is 0 Å². The monoisotopic (exact) mass is 451 g/mol. The number of benzene rings is 1. The lowest BCUT2D eigenvalue weighted by molar-refractivity contribution is 0.381. The Morgan fingerprint density at radius 2 is 1.61 bits per heavy atom. The van der Waals surface area contributed by atoms with Gasteiger partial charge in [0.15, 0.2) is 0 Å². The number of nitrogens with zero attached hydrogens (tertiary/aromatic N) is 5. The molecule has 2 saturated heterocycles. The second kappa shape index (κ2) is 9.04. The summed E-state index contributed by atoms with van der Waals surface area (Å²) in [7, 11) is -3.76. The van der Waals surface area contributed by atoms with Gasteiger partial charge in [-0.1, -0.05) is 0 Å². The SMILES string of the molecule is Cc1cc(N2CCCCC2)nc(N2CCN(S(=O)(=O)Cc3cc(F)ccc3F)CC2)n1. The quantitative estimate of drug-likeness (QED) is 0.696. The predicted octanol–water partition coefficient (Wildman–Crippen LogP) is 2.71. The van der Waals surface area contributed by atoms with Crippen LogP contribution in [0.5, 0.6) is 0 Å². The van der Waals surface area contributed by atoms with Gasteiger partial charge in [0.1, 0.15) is 17.5 Å². The molecule has 31 heavy (non-hydrogen) atoms. The topological polar surface area (TPSA) is 69.6 Å². The highest BCUT2D eigenvalue weighted by molar-refractivity contribution is 7.88. The summed E-state index contributed by atoms with van der Waals surface area (Å²) >= 11 is 0. The third-order valence-corrected chi connectivity index (χ3v) is 7.60. The lowest BCUT2D eigenvalue weighted by Crippen LogP contribution is -2.49. The normalized spacial score (nSPS) is 18.4. The number of hydrogen-bond donors (Lipinski definition) is 0. The van der Waals surface area contributed by atoms with E-state index in [2.05, 4.69) is 9.88 Å². The molecule has 0 atom stereocenters. The van der Waals surface area contributed by atoms with Crippen LogP contribution < -0.4 is 9.80 Å². The molecule has 10 heteroatoms. The highest BCUT2D eigenvalue weighted by Crippen LogP contribution is 2.23. The smallest absolute Gasteiger partial charge is 0.227 e. The maximum absolute atomic E-state index is 13.9. The first-order chi connectivity index (χ1) is 14.8. The fourth-order valence-corrected chi connectivity index (χ4v) is 5.59. The van der Waals surface area contributed by atoms with Gasteiger partial charge >= 0.3 is 0 Å². The Bertz CT molecular complexity index is 1040. The van der Waals surface area contributed by atoms with Crippen LogP contribution in [0, 0.1) is 18.6 Å². The summed E-state index contributed by atoms with van der Waals surface area (Å²) in [5, 5.41) is 0. The van der Waals surface area contributed by atoms with Crippen LogP contribution in [0.4, 0.5) is 20.5 Å². The summed E-state index contributed by atoms with van der Waals surface area (Å²) < 4.78 is 54.1. The van der Waals surface area contributed by atoms with Crippen LogP contribution in [0.25, 0.3) is 0 Å². The number of anilines is 2. The molecule has 1 aromatic carbocycles. The van der Waals surface area contributed by atoms with Crippen LogP contribution >= 0.6 is 0 Å². The van der Waals surface area contributed by atoms with Gasteiger partial charge in [0.25, 0.3) is 0 Å². The summed E-state index contributed by atoms with van der Waals surface area (Å²) in [6.07, 6.45) is 3.55. The molecule has 0 spiro atoms. The van der Waals surface area contributed by atoms with Crippen LogP contribution in [0.3, 0.4) is 0 Å². The minimum absolute atomic E-state index is 0.157. The third kappa shape index (κ3) is 5.12. The van der Waals surface area contributed by atoms with Crippen LogP contribution in [0.1, 0.15) is 30.5 Å². The zero-order valence-electron chi connectivity index (χ0n) is 17.6. The van der Waals surface area contributed by atoms with Gasteiger partial charge < -0.3 is 9.80 Å². The summed E-state index contributed by atoms with van der Waals surface area (Å²) in [5.41, 5.74) is 0.720. The van der Waals surface area contributed by atoms with Crippen LogP contribution in [0.2, 0.25) is 0 Å². The van der Waals surface area contributed by atoms with Gasteiger partial charge in [-0.3, -0.25) is 0 Å². The van der Waals surface area contributed by atoms with Crippen molar-refractivity contribution in [2.45, 2.75) is 31.9 Å². The highest BCUT2D eigenvalue weighted by Gasteiger charge is 2.29. The van der Waals surface area contributed by atoms with E-state index < -0.39 is 27.4 Å². The molecule has 7 nitrogen and oxygen atoms in total. The molecule has 2 fully saturated rings. The van der Waals surface area contributed by atoms with E-state index in [0.29, 0.717) is 19.0 Å².